The van der Waals surface area contributed by atoms with Crippen molar-refractivity contribution in [3.63, 3.8) is 0 Å². The molecule has 1 fully saturated rings. The topological polar surface area (TPSA) is 72.7 Å². The van der Waals surface area contributed by atoms with Crippen LogP contribution in [0.3, 0.4) is 0 Å². The lowest BCUT2D eigenvalue weighted by Crippen LogP contribution is -2.23. The van der Waals surface area contributed by atoms with Gasteiger partial charge in [0.2, 0.25) is 0 Å². The molecule has 0 bridgehead atoms. The zero-order valence-corrected chi connectivity index (χ0v) is 23.3. The monoisotopic (exact) mass is 563 g/mol. The Morgan fingerprint density at radius 1 is 0.949 bits per heavy atom. The van der Waals surface area contributed by atoms with Gasteiger partial charge in [-0.1, -0.05) is 53.5 Å². The molecule has 0 radical (unpaired) electrons. The van der Waals surface area contributed by atoms with Crippen LogP contribution in [0.1, 0.15) is 66.6 Å². The molecule has 0 aliphatic heterocycles. The number of carbonyl (C=O) groups is 2. The summed E-state index contributed by atoms with van der Waals surface area (Å²) in [5.41, 5.74) is 5.17. The summed E-state index contributed by atoms with van der Waals surface area (Å²) in [7, 11) is 0. The number of amides is 1. The largest absolute Gasteiger partial charge is 0.466 e. The molecule has 0 atom stereocenters. The van der Waals surface area contributed by atoms with Crippen molar-refractivity contribution in [2.75, 3.05) is 6.61 Å². The van der Waals surface area contributed by atoms with Crippen molar-refractivity contribution in [1.29, 1.82) is 0 Å². The van der Waals surface area contributed by atoms with Crippen molar-refractivity contribution >= 4 is 40.7 Å². The van der Waals surface area contributed by atoms with E-state index in [9.17, 15) is 9.59 Å². The molecule has 1 amide bonds. The van der Waals surface area contributed by atoms with E-state index in [1.165, 1.54) is 5.56 Å². The Kier molecular flexibility index (Phi) is 8.53. The van der Waals surface area contributed by atoms with Gasteiger partial charge < -0.3 is 14.5 Å². The number of rotatable bonds is 8. The number of fused-ring (bicyclic) bond motifs is 1. The normalized spacial score (nSPS) is 17.2. The predicted octanol–water partition coefficient (Wildman–Crippen LogP) is 7.47. The third kappa shape index (κ3) is 6.45. The molecular weight excluding hydrogens is 533 g/mol. The van der Waals surface area contributed by atoms with Gasteiger partial charge >= 0.3 is 5.97 Å². The molecule has 8 heteroatoms. The number of carbonyl (C=O) groups excluding carboxylic acids is 2. The van der Waals surface area contributed by atoms with Crippen LogP contribution in [-0.4, -0.2) is 27.9 Å². The van der Waals surface area contributed by atoms with Gasteiger partial charge in [0.15, 0.2) is 0 Å². The van der Waals surface area contributed by atoms with E-state index in [4.69, 9.17) is 27.9 Å². The van der Waals surface area contributed by atoms with Gasteiger partial charge in [-0.3, -0.25) is 9.59 Å². The highest BCUT2D eigenvalue weighted by atomic mass is 35.5. The number of halogens is 2. The van der Waals surface area contributed by atoms with E-state index in [-0.39, 0.29) is 18.4 Å². The summed E-state index contributed by atoms with van der Waals surface area (Å²) >= 11 is 12.4. The number of benzene rings is 2. The first-order chi connectivity index (χ1) is 18.9. The second-order valence-electron chi connectivity index (χ2n) is 10.0. The maximum absolute atomic E-state index is 12.8. The van der Waals surface area contributed by atoms with E-state index in [1.54, 1.807) is 24.4 Å². The average molecular weight is 565 g/mol. The lowest BCUT2D eigenvalue weighted by Gasteiger charge is -2.28. The maximum Gasteiger partial charge on any atom is 0.306 e. The summed E-state index contributed by atoms with van der Waals surface area (Å²) in [6.07, 6.45) is 8.56. The quantitative estimate of drug-likeness (QED) is 0.226. The van der Waals surface area contributed by atoms with Crippen LogP contribution in [0.5, 0.6) is 0 Å². The van der Waals surface area contributed by atoms with Crippen molar-refractivity contribution in [3.05, 3.63) is 93.9 Å². The van der Waals surface area contributed by atoms with Crippen LogP contribution >= 0.6 is 23.2 Å². The van der Waals surface area contributed by atoms with E-state index in [0.717, 1.165) is 36.8 Å². The van der Waals surface area contributed by atoms with Gasteiger partial charge in [0.05, 0.1) is 6.61 Å². The number of hydrogen-bond donors (Lipinski definition) is 1. The van der Waals surface area contributed by atoms with E-state index in [0.29, 0.717) is 51.8 Å². The van der Waals surface area contributed by atoms with Crippen LogP contribution in [0, 0.1) is 5.92 Å². The molecule has 5 rings (SSSR count). The van der Waals surface area contributed by atoms with Crippen LogP contribution in [0.4, 0.5) is 0 Å². The fourth-order valence-electron chi connectivity index (χ4n) is 5.34. The van der Waals surface area contributed by atoms with E-state index in [1.807, 2.05) is 29.7 Å². The zero-order valence-electron chi connectivity index (χ0n) is 21.8. The molecule has 0 saturated heterocycles. The highest BCUT2D eigenvalue weighted by Crippen LogP contribution is 2.37. The Morgan fingerprint density at radius 2 is 1.64 bits per heavy atom. The van der Waals surface area contributed by atoms with Gasteiger partial charge in [0.25, 0.3) is 5.91 Å². The van der Waals surface area contributed by atoms with Crippen LogP contribution in [-0.2, 0) is 16.1 Å². The lowest BCUT2D eigenvalue weighted by molar-refractivity contribution is -0.144. The molecule has 0 spiro atoms. The minimum Gasteiger partial charge on any atom is -0.466 e. The van der Waals surface area contributed by atoms with E-state index < -0.39 is 0 Å². The van der Waals surface area contributed by atoms with Gasteiger partial charge in [-0.05, 0) is 85.4 Å². The van der Waals surface area contributed by atoms with Gasteiger partial charge in [0, 0.05) is 41.0 Å². The highest BCUT2D eigenvalue weighted by molar-refractivity contribution is 6.36. The van der Waals surface area contributed by atoms with Gasteiger partial charge in [0.1, 0.15) is 11.3 Å². The molecule has 2 heterocycles. The SMILES string of the molecule is CCOC(=O)C[C@H]1CC[C@H](c2ccc(-c3ccc4nc(C(=O)NCc5c(Cl)cccc5Cl)cn4c3)cc2)CC1. The molecule has 39 heavy (non-hydrogen) atoms. The zero-order chi connectivity index (χ0) is 27.4. The Morgan fingerprint density at radius 3 is 2.33 bits per heavy atom. The third-order valence-electron chi connectivity index (χ3n) is 7.49. The van der Waals surface area contributed by atoms with Gasteiger partial charge in [-0.25, -0.2) is 4.98 Å². The number of esters is 1. The summed E-state index contributed by atoms with van der Waals surface area (Å²) < 4.78 is 6.98. The minimum absolute atomic E-state index is 0.0741. The van der Waals surface area contributed by atoms with Crippen LogP contribution in [0.25, 0.3) is 16.8 Å². The summed E-state index contributed by atoms with van der Waals surface area (Å²) in [5.74, 6) is 0.588. The van der Waals surface area contributed by atoms with Gasteiger partial charge in [-0.2, -0.15) is 0 Å². The molecule has 6 nitrogen and oxygen atoms in total. The lowest BCUT2D eigenvalue weighted by atomic mass is 9.77. The Balaban J connectivity index is 1.22. The first-order valence-electron chi connectivity index (χ1n) is 13.4. The predicted molar refractivity (Wildman–Crippen MR) is 154 cm³/mol. The van der Waals surface area contributed by atoms with E-state index >= 15 is 0 Å². The number of hydrogen-bond acceptors (Lipinski definition) is 4. The minimum atomic E-state index is -0.294. The molecule has 1 N–H and O–H groups in total. The van der Waals surface area contributed by atoms with Crippen LogP contribution in [0.2, 0.25) is 10.0 Å². The Hall–Kier alpha value is -3.35. The van der Waals surface area contributed by atoms with Crippen LogP contribution < -0.4 is 5.32 Å². The molecule has 2 aromatic heterocycles. The van der Waals surface area contributed by atoms with Crippen LogP contribution in [0.15, 0.2) is 67.0 Å². The van der Waals surface area contributed by atoms with Crippen molar-refractivity contribution in [1.82, 2.24) is 14.7 Å². The fourth-order valence-corrected chi connectivity index (χ4v) is 5.87. The van der Waals surface area contributed by atoms with Crippen molar-refractivity contribution in [2.45, 2.75) is 51.5 Å². The number of nitrogens with zero attached hydrogens (tertiary/aromatic N) is 2. The molecule has 1 aliphatic rings. The molecule has 1 aliphatic carbocycles. The first-order valence-corrected chi connectivity index (χ1v) is 14.1. The molecule has 1 saturated carbocycles. The van der Waals surface area contributed by atoms with Crippen molar-refractivity contribution in [2.24, 2.45) is 5.92 Å². The molecular formula is C31H31Cl2N3O3. The fraction of sp³-hybridized carbons (Fsp3) is 0.323. The van der Waals surface area contributed by atoms with E-state index in [2.05, 4.69) is 34.6 Å². The number of aromatic nitrogens is 2. The number of pyridine rings is 1. The van der Waals surface area contributed by atoms with Crippen molar-refractivity contribution in [3.8, 4) is 11.1 Å². The molecule has 2 aromatic carbocycles. The second-order valence-corrected chi connectivity index (χ2v) is 10.9. The summed E-state index contributed by atoms with van der Waals surface area (Å²) in [6.45, 7) is 2.52. The molecule has 4 aromatic rings. The summed E-state index contributed by atoms with van der Waals surface area (Å²) in [4.78, 5) is 29.0. The maximum atomic E-state index is 12.8. The Bertz CT molecular complexity index is 1450. The highest BCUT2D eigenvalue weighted by Gasteiger charge is 2.24. The summed E-state index contributed by atoms with van der Waals surface area (Å²) in [5, 5.41) is 3.87. The second kappa shape index (κ2) is 12.2. The number of imidazole rings is 1. The standard InChI is InChI=1S/C31H31Cl2N3O3/c1-2-39-30(37)16-20-6-8-21(9-7-20)22-10-12-23(13-11-22)24-14-15-29-35-28(19-36(29)18-24)31(38)34-17-25-26(32)4-3-5-27(25)33/h3-5,10-15,18-21H,2,6-9,16-17H2,1H3,(H,34,38)/t20-,21-. The smallest absolute Gasteiger partial charge is 0.306 e. The Labute approximate surface area is 238 Å². The average Bonchev–Trinajstić information content (AvgIpc) is 3.37. The number of nitrogens with one attached hydrogen (secondary N) is 1. The third-order valence-corrected chi connectivity index (χ3v) is 8.20. The molecule has 202 valence electrons. The van der Waals surface area contributed by atoms with Crippen molar-refractivity contribution < 1.29 is 14.3 Å². The summed E-state index contributed by atoms with van der Waals surface area (Å²) in [6, 6.07) is 17.9. The first kappa shape index (κ1) is 27.2. The molecule has 0 unspecified atom stereocenters. The van der Waals surface area contributed by atoms with Gasteiger partial charge in [-0.15, -0.1) is 0 Å². The number of ether oxygens (including phenoxy) is 1.